The van der Waals surface area contributed by atoms with Crippen molar-refractivity contribution in [1.29, 1.82) is 0 Å². The van der Waals surface area contributed by atoms with Crippen LogP contribution in [-0.4, -0.2) is 40.1 Å². The van der Waals surface area contributed by atoms with Crippen LogP contribution in [0.5, 0.6) is 0 Å². The van der Waals surface area contributed by atoms with E-state index in [1.807, 2.05) is 0 Å². The van der Waals surface area contributed by atoms with Crippen molar-refractivity contribution in [2.75, 3.05) is 13.2 Å². The summed E-state index contributed by atoms with van der Waals surface area (Å²) in [4.78, 5) is 19.1. The van der Waals surface area contributed by atoms with Gasteiger partial charge in [-0.1, -0.05) is 0 Å². The second kappa shape index (κ2) is 7.24. The minimum absolute atomic E-state index is 0.154. The monoisotopic (exact) mass is 386 g/mol. The quantitative estimate of drug-likeness (QED) is 0.743. The minimum atomic E-state index is -1.02. The molecule has 0 spiro atoms. The SMILES string of the molecule is O=C(c1cc(-c2ccc(F)c(F)c2)nc2ccc(F)cc12)N1CCCC1CO. The molecule has 7 heteroatoms. The van der Waals surface area contributed by atoms with E-state index < -0.39 is 17.5 Å². The van der Waals surface area contributed by atoms with Gasteiger partial charge < -0.3 is 10.0 Å². The van der Waals surface area contributed by atoms with Gasteiger partial charge in [-0.25, -0.2) is 18.2 Å². The van der Waals surface area contributed by atoms with Gasteiger partial charge in [0.2, 0.25) is 0 Å². The Labute approximate surface area is 159 Å². The molecule has 1 N–H and O–H groups in total. The Morgan fingerprint density at radius 2 is 1.93 bits per heavy atom. The lowest BCUT2D eigenvalue weighted by Crippen LogP contribution is -2.37. The zero-order chi connectivity index (χ0) is 19.8. The lowest BCUT2D eigenvalue weighted by atomic mass is 10.0. The van der Waals surface area contributed by atoms with Crippen molar-refractivity contribution in [1.82, 2.24) is 9.88 Å². The molecule has 1 saturated heterocycles. The summed E-state index contributed by atoms with van der Waals surface area (Å²) in [6, 6.07) is 8.44. The zero-order valence-electron chi connectivity index (χ0n) is 14.8. The molecular formula is C21H17F3N2O2. The number of hydrogen-bond acceptors (Lipinski definition) is 3. The van der Waals surface area contributed by atoms with E-state index in [4.69, 9.17) is 0 Å². The molecule has 1 aliphatic rings. The van der Waals surface area contributed by atoms with E-state index in [0.717, 1.165) is 18.6 Å². The van der Waals surface area contributed by atoms with Crippen molar-refractivity contribution in [3.8, 4) is 11.3 Å². The number of aliphatic hydroxyl groups is 1. The summed E-state index contributed by atoms with van der Waals surface area (Å²) >= 11 is 0. The molecule has 0 radical (unpaired) electrons. The number of pyridine rings is 1. The Balaban J connectivity index is 1.89. The number of carbonyl (C=O) groups excluding carboxylic acids is 1. The highest BCUT2D eigenvalue weighted by Gasteiger charge is 2.30. The Hall–Kier alpha value is -2.93. The fourth-order valence-electron chi connectivity index (χ4n) is 3.63. The van der Waals surface area contributed by atoms with Gasteiger partial charge in [-0.15, -0.1) is 0 Å². The summed E-state index contributed by atoms with van der Waals surface area (Å²) < 4.78 is 40.8. The van der Waals surface area contributed by atoms with E-state index in [2.05, 4.69) is 4.98 Å². The second-order valence-corrected chi connectivity index (χ2v) is 6.82. The normalized spacial score (nSPS) is 16.7. The van der Waals surface area contributed by atoms with E-state index in [1.165, 1.54) is 30.3 Å². The number of aliphatic hydroxyl groups excluding tert-OH is 1. The number of hydrogen-bond donors (Lipinski definition) is 1. The highest BCUT2D eigenvalue weighted by atomic mass is 19.2. The zero-order valence-corrected chi connectivity index (χ0v) is 14.8. The van der Waals surface area contributed by atoms with Crippen molar-refractivity contribution in [3.63, 3.8) is 0 Å². The van der Waals surface area contributed by atoms with Crippen LogP contribution in [0.15, 0.2) is 42.5 Å². The molecule has 0 aliphatic carbocycles. The van der Waals surface area contributed by atoms with Crippen LogP contribution in [0, 0.1) is 17.5 Å². The largest absolute Gasteiger partial charge is 0.394 e. The van der Waals surface area contributed by atoms with Crippen LogP contribution in [0.3, 0.4) is 0 Å². The predicted molar refractivity (Wildman–Crippen MR) is 98.2 cm³/mol. The molecular weight excluding hydrogens is 369 g/mol. The van der Waals surface area contributed by atoms with Gasteiger partial charge in [0, 0.05) is 17.5 Å². The highest BCUT2D eigenvalue weighted by Crippen LogP contribution is 2.29. The predicted octanol–water partition coefficient (Wildman–Crippen LogP) is 3.92. The van der Waals surface area contributed by atoms with Crippen molar-refractivity contribution in [3.05, 3.63) is 65.5 Å². The van der Waals surface area contributed by atoms with E-state index in [-0.39, 0.29) is 29.8 Å². The Morgan fingerprint density at radius 3 is 2.68 bits per heavy atom. The van der Waals surface area contributed by atoms with Crippen LogP contribution in [0.4, 0.5) is 13.2 Å². The molecule has 2 heterocycles. The lowest BCUT2D eigenvalue weighted by molar-refractivity contribution is 0.0679. The van der Waals surface area contributed by atoms with Gasteiger partial charge in [0.15, 0.2) is 11.6 Å². The molecule has 4 rings (SSSR count). The molecule has 1 fully saturated rings. The third-order valence-corrected chi connectivity index (χ3v) is 5.07. The summed E-state index contributed by atoms with van der Waals surface area (Å²) in [5.41, 5.74) is 1.16. The van der Waals surface area contributed by atoms with E-state index in [9.17, 15) is 23.1 Å². The lowest BCUT2D eigenvalue weighted by Gasteiger charge is -2.24. The molecule has 3 aromatic rings. The third-order valence-electron chi connectivity index (χ3n) is 5.07. The number of nitrogens with zero attached hydrogens (tertiary/aromatic N) is 2. The number of halogens is 3. The maximum Gasteiger partial charge on any atom is 0.254 e. The molecule has 1 unspecified atom stereocenters. The Bertz CT molecular complexity index is 1070. The summed E-state index contributed by atoms with van der Waals surface area (Å²) in [6.07, 6.45) is 1.46. The van der Waals surface area contributed by atoms with Crippen LogP contribution in [0.1, 0.15) is 23.2 Å². The van der Waals surface area contributed by atoms with Gasteiger partial charge in [0.05, 0.1) is 29.4 Å². The number of carbonyl (C=O) groups is 1. The van der Waals surface area contributed by atoms with Gasteiger partial charge in [0.1, 0.15) is 5.82 Å². The first-order chi connectivity index (χ1) is 13.5. The maximum absolute atomic E-state index is 13.8. The Morgan fingerprint density at radius 1 is 1.11 bits per heavy atom. The Kier molecular flexibility index (Phi) is 4.77. The summed E-state index contributed by atoms with van der Waals surface area (Å²) in [5.74, 6) is -2.86. The number of amides is 1. The van der Waals surface area contributed by atoms with E-state index in [1.54, 1.807) is 4.90 Å². The first-order valence-corrected chi connectivity index (χ1v) is 8.95. The molecule has 1 amide bonds. The molecule has 1 atom stereocenters. The van der Waals surface area contributed by atoms with Gasteiger partial charge in [-0.05, 0) is 55.3 Å². The van der Waals surface area contributed by atoms with Crippen LogP contribution in [-0.2, 0) is 0 Å². The van der Waals surface area contributed by atoms with Gasteiger partial charge >= 0.3 is 0 Å². The van der Waals surface area contributed by atoms with Crippen LogP contribution >= 0.6 is 0 Å². The summed E-state index contributed by atoms with van der Waals surface area (Å²) in [6.45, 7) is 0.336. The first kappa shape index (κ1) is 18.4. The van der Waals surface area contributed by atoms with Crippen LogP contribution in [0.2, 0.25) is 0 Å². The molecule has 28 heavy (non-hydrogen) atoms. The fourth-order valence-corrected chi connectivity index (χ4v) is 3.63. The highest BCUT2D eigenvalue weighted by molar-refractivity contribution is 6.07. The molecule has 144 valence electrons. The first-order valence-electron chi connectivity index (χ1n) is 8.95. The van der Waals surface area contributed by atoms with Gasteiger partial charge in [-0.3, -0.25) is 4.79 Å². The molecule has 4 nitrogen and oxygen atoms in total. The van der Waals surface area contributed by atoms with Crippen molar-refractivity contribution in [2.45, 2.75) is 18.9 Å². The number of fused-ring (bicyclic) bond motifs is 1. The molecule has 0 saturated carbocycles. The number of benzene rings is 2. The summed E-state index contributed by atoms with van der Waals surface area (Å²) in [7, 11) is 0. The topological polar surface area (TPSA) is 53.4 Å². The third kappa shape index (κ3) is 3.22. The summed E-state index contributed by atoms with van der Waals surface area (Å²) in [5, 5.41) is 9.87. The second-order valence-electron chi connectivity index (χ2n) is 6.82. The van der Waals surface area contributed by atoms with Crippen molar-refractivity contribution in [2.24, 2.45) is 0 Å². The van der Waals surface area contributed by atoms with E-state index >= 15 is 0 Å². The van der Waals surface area contributed by atoms with E-state index in [0.29, 0.717) is 29.4 Å². The van der Waals surface area contributed by atoms with Gasteiger partial charge in [-0.2, -0.15) is 0 Å². The number of likely N-dealkylation sites (tertiary alicyclic amines) is 1. The number of rotatable bonds is 3. The molecule has 0 bridgehead atoms. The van der Waals surface area contributed by atoms with Gasteiger partial charge in [0.25, 0.3) is 5.91 Å². The average Bonchev–Trinajstić information content (AvgIpc) is 3.17. The fraction of sp³-hybridized carbons (Fsp3) is 0.238. The van der Waals surface area contributed by atoms with Crippen molar-refractivity contribution >= 4 is 16.8 Å². The van der Waals surface area contributed by atoms with Crippen molar-refractivity contribution < 1.29 is 23.1 Å². The number of aromatic nitrogens is 1. The maximum atomic E-state index is 13.8. The average molecular weight is 386 g/mol. The van der Waals surface area contributed by atoms with Crippen LogP contribution < -0.4 is 0 Å². The molecule has 2 aromatic carbocycles. The molecule has 1 aromatic heterocycles. The smallest absolute Gasteiger partial charge is 0.254 e. The molecule has 1 aliphatic heterocycles. The minimum Gasteiger partial charge on any atom is -0.394 e. The standard InChI is InChI=1S/C21H17F3N2O2/c22-13-4-6-19-15(9-13)16(21(28)26-7-1-2-14(26)11-27)10-20(25-19)12-3-5-17(23)18(24)8-12/h3-6,8-10,14,27H,1-2,7,11H2. The van der Waals surface area contributed by atoms with Crippen LogP contribution in [0.25, 0.3) is 22.2 Å².